The minimum atomic E-state index is -0.783. The lowest BCUT2D eigenvalue weighted by Crippen LogP contribution is -1.94. The van der Waals surface area contributed by atoms with Crippen LogP contribution >= 0.6 is 14.1 Å². The Morgan fingerprint density at radius 2 is 1.50 bits per heavy atom. The predicted octanol–water partition coefficient (Wildman–Crippen LogP) is 4.73. The SMILES string of the molecule is CN=P(C)(C)C.CP1(C)=NCCCCCC1. The topological polar surface area (TPSA) is 24.7 Å². The van der Waals surface area contributed by atoms with Gasteiger partial charge in [0.05, 0.1) is 0 Å². The number of hydrogen-bond donors (Lipinski definition) is 0. The molecule has 0 radical (unpaired) electrons. The summed E-state index contributed by atoms with van der Waals surface area (Å²) in [6.45, 7) is 12.4. The molecule has 1 aliphatic heterocycles. The number of nitrogens with zero attached hydrogens (tertiary/aromatic N) is 2. The van der Waals surface area contributed by atoms with E-state index in [9.17, 15) is 0 Å². The van der Waals surface area contributed by atoms with Gasteiger partial charge in [-0.05, 0) is 66.4 Å². The second-order valence-electron chi connectivity index (χ2n) is 5.77. The average Bonchev–Trinajstić information content (AvgIpc) is 2.13. The van der Waals surface area contributed by atoms with Crippen LogP contribution in [0.25, 0.3) is 0 Å². The van der Waals surface area contributed by atoms with Gasteiger partial charge < -0.3 is 9.49 Å². The summed E-state index contributed by atoms with van der Waals surface area (Å²) in [6, 6.07) is 0. The van der Waals surface area contributed by atoms with E-state index in [0.29, 0.717) is 0 Å². The second-order valence-corrected chi connectivity index (χ2v) is 14.0. The first-order valence-electron chi connectivity index (χ1n) is 6.22. The van der Waals surface area contributed by atoms with Gasteiger partial charge in [-0.1, -0.05) is 12.8 Å². The minimum Gasteiger partial charge on any atom is -0.307 e. The van der Waals surface area contributed by atoms with Crippen molar-refractivity contribution in [2.45, 2.75) is 25.7 Å². The second kappa shape index (κ2) is 7.72. The smallest absolute Gasteiger partial charge is 0.0374 e. The van der Waals surface area contributed by atoms with Gasteiger partial charge in [-0.3, -0.25) is 0 Å². The number of hydrogen-bond acceptors (Lipinski definition) is 2. The van der Waals surface area contributed by atoms with E-state index in [-0.39, 0.29) is 0 Å². The Morgan fingerprint density at radius 3 is 2.00 bits per heavy atom. The van der Waals surface area contributed by atoms with Crippen LogP contribution in [-0.2, 0) is 0 Å². The highest BCUT2D eigenvalue weighted by molar-refractivity contribution is 7.64. The van der Waals surface area contributed by atoms with Crippen molar-refractivity contribution in [1.82, 2.24) is 0 Å². The van der Waals surface area contributed by atoms with Crippen molar-refractivity contribution in [3.05, 3.63) is 0 Å². The van der Waals surface area contributed by atoms with Gasteiger partial charge in [0.2, 0.25) is 0 Å². The third kappa shape index (κ3) is 11.0. The van der Waals surface area contributed by atoms with Crippen LogP contribution in [0.3, 0.4) is 0 Å². The Balaban J connectivity index is 0.000000325. The molecule has 98 valence electrons. The van der Waals surface area contributed by atoms with Crippen LogP contribution in [-0.4, -0.2) is 53.1 Å². The first-order valence-corrected chi connectivity index (χ1v) is 12.1. The van der Waals surface area contributed by atoms with Gasteiger partial charge in [0, 0.05) is 13.6 Å². The lowest BCUT2D eigenvalue weighted by Gasteiger charge is -2.16. The van der Waals surface area contributed by atoms with Crippen LogP contribution in [0.5, 0.6) is 0 Å². The largest absolute Gasteiger partial charge is 0.307 e. The Kier molecular flexibility index (Phi) is 7.94. The van der Waals surface area contributed by atoms with Crippen LogP contribution in [0.1, 0.15) is 25.7 Å². The van der Waals surface area contributed by atoms with Crippen molar-refractivity contribution >= 4 is 14.1 Å². The molecule has 16 heavy (non-hydrogen) atoms. The van der Waals surface area contributed by atoms with E-state index in [1.165, 1.54) is 31.8 Å². The molecule has 0 saturated heterocycles. The molecule has 1 aliphatic rings. The first-order chi connectivity index (χ1) is 7.27. The van der Waals surface area contributed by atoms with E-state index >= 15 is 0 Å². The lowest BCUT2D eigenvalue weighted by molar-refractivity contribution is 0.669. The van der Waals surface area contributed by atoms with E-state index < -0.39 is 14.1 Å². The molecule has 0 aromatic heterocycles. The van der Waals surface area contributed by atoms with Gasteiger partial charge in [-0.15, -0.1) is 0 Å². The molecular weight excluding hydrogens is 234 g/mol. The Bertz CT molecular complexity index is 275. The first kappa shape index (κ1) is 16.5. The molecule has 0 fully saturated rings. The molecule has 2 nitrogen and oxygen atoms in total. The molecule has 1 rings (SSSR count). The Hall–Kier alpha value is 0.460. The Labute approximate surface area is 103 Å². The number of rotatable bonds is 0. The maximum absolute atomic E-state index is 4.73. The van der Waals surface area contributed by atoms with Crippen molar-refractivity contribution in [3.8, 4) is 0 Å². The zero-order chi connectivity index (χ0) is 12.7. The van der Waals surface area contributed by atoms with Crippen molar-refractivity contribution in [1.29, 1.82) is 0 Å². The molecule has 0 aromatic carbocycles. The van der Waals surface area contributed by atoms with Crippen molar-refractivity contribution in [2.75, 3.05) is 53.1 Å². The summed E-state index contributed by atoms with van der Waals surface area (Å²) in [7, 11) is 0.328. The van der Waals surface area contributed by atoms with Gasteiger partial charge in [0.25, 0.3) is 0 Å². The van der Waals surface area contributed by atoms with E-state index in [4.69, 9.17) is 4.74 Å². The molecule has 0 saturated carbocycles. The molecule has 0 atom stereocenters. The van der Waals surface area contributed by atoms with Crippen LogP contribution in [0.15, 0.2) is 9.49 Å². The summed E-state index contributed by atoms with van der Waals surface area (Å²) in [4.78, 5) is 0. The molecule has 0 unspecified atom stereocenters. The summed E-state index contributed by atoms with van der Waals surface area (Å²) in [5.41, 5.74) is 0. The summed E-state index contributed by atoms with van der Waals surface area (Å²) in [5.74, 6) is 0. The highest BCUT2D eigenvalue weighted by atomic mass is 31.2. The van der Waals surface area contributed by atoms with Crippen molar-refractivity contribution in [3.63, 3.8) is 0 Å². The summed E-state index contributed by atoms with van der Waals surface area (Å²) >= 11 is 0. The fourth-order valence-electron chi connectivity index (χ4n) is 1.38. The van der Waals surface area contributed by atoms with Gasteiger partial charge in [-0.2, -0.15) is 0 Å². The lowest BCUT2D eigenvalue weighted by atomic mass is 10.2. The van der Waals surface area contributed by atoms with Crippen molar-refractivity contribution < 1.29 is 0 Å². The highest BCUT2D eigenvalue weighted by Gasteiger charge is 2.06. The highest BCUT2D eigenvalue weighted by Crippen LogP contribution is 2.42. The molecular formula is C12H30N2P2. The normalized spacial score (nSPS) is 20.6. The van der Waals surface area contributed by atoms with Crippen LogP contribution in [0, 0.1) is 0 Å². The summed E-state index contributed by atoms with van der Waals surface area (Å²) < 4.78 is 8.86. The molecule has 0 aliphatic carbocycles. The summed E-state index contributed by atoms with van der Waals surface area (Å²) in [6.07, 6.45) is 7.00. The average molecular weight is 264 g/mol. The van der Waals surface area contributed by atoms with Crippen molar-refractivity contribution in [2.24, 2.45) is 9.49 Å². The van der Waals surface area contributed by atoms with Gasteiger partial charge in [0.15, 0.2) is 0 Å². The standard InChI is InChI=1S/C8H18NP.C4H12NP/c1-10(2)8-6-4-3-5-7-9-10;1-5-6(2,3)4/h3-8H2,1-2H3;1-4H3. The third-order valence-corrected chi connectivity index (χ3v) is 6.27. The minimum absolute atomic E-state index is 0.772. The van der Waals surface area contributed by atoms with Crippen LogP contribution < -0.4 is 0 Å². The van der Waals surface area contributed by atoms with Crippen LogP contribution in [0.2, 0.25) is 0 Å². The molecule has 0 bridgehead atoms. The quantitative estimate of drug-likeness (QED) is 0.565. The molecule has 4 heteroatoms. The predicted molar refractivity (Wildman–Crippen MR) is 82.4 cm³/mol. The molecule has 0 amide bonds. The maximum atomic E-state index is 4.73. The summed E-state index contributed by atoms with van der Waals surface area (Å²) in [5, 5.41) is 0. The molecule has 1 heterocycles. The zero-order valence-corrected chi connectivity index (χ0v) is 13.8. The third-order valence-electron chi connectivity index (χ3n) is 2.70. The van der Waals surface area contributed by atoms with E-state index in [2.05, 4.69) is 38.1 Å². The monoisotopic (exact) mass is 264 g/mol. The fraction of sp³-hybridized carbons (Fsp3) is 1.00. The molecule has 0 spiro atoms. The van der Waals surface area contributed by atoms with E-state index in [0.717, 1.165) is 6.54 Å². The fourth-order valence-corrected chi connectivity index (χ4v) is 3.20. The zero-order valence-electron chi connectivity index (χ0n) is 12.0. The maximum Gasteiger partial charge on any atom is 0.0374 e. The molecule has 0 N–H and O–H groups in total. The van der Waals surface area contributed by atoms with E-state index in [1.807, 2.05) is 7.05 Å². The van der Waals surface area contributed by atoms with Gasteiger partial charge in [-0.25, -0.2) is 0 Å². The Morgan fingerprint density at radius 1 is 1.00 bits per heavy atom. The molecule has 0 aromatic rings. The van der Waals surface area contributed by atoms with E-state index in [1.54, 1.807) is 0 Å². The van der Waals surface area contributed by atoms with Gasteiger partial charge in [0.1, 0.15) is 0 Å². The van der Waals surface area contributed by atoms with Crippen LogP contribution in [0.4, 0.5) is 0 Å². The van der Waals surface area contributed by atoms with Gasteiger partial charge >= 0.3 is 0 Å².